The van der Waals surface area contributed by atoms with Crippen LogP contribution in [0, 0.1) is 0 Å². The number of aromatic nitrogens is 4. The molecule has 3 rings (SSSR count). The minimum Gasteiger partial charge on any atom is -0.496 e. The summed E-state index contributed by atoms with van der Waals surface area (Å²) in [6.07, 6.45) is 1.43. The second-order valence-corrected chi connectivity index (χ2v) is 5.75. The van der Waals surface area contributed by atoms with Crippen LogP contribution < -0.4 is 19.6 Å². The summed E-state index contributed by atoms with van der Waals surface area (Å²) in [6.45, 7) is -0.131. The van der Waals surface area contributed by atoms with Crippen LogP contribution in [0.15, 0.2) is 47.6 Å². The Hall–Kier alpha value is -3.95. The molecule has 10 nitrogen and oxygen atoms in total. The lowest BCUT2D eigenvalue weighted by Crippen LogP contribution is -2.24. The average Bonchev–Trinajstić information content (AvgIpc) is 3.22. The van der Waals surface area contributed by atoms with Crippen LogP contribution in [0.2, 0.25) is 0 Å². The van der Waals surface area contributed by atoms with E-state index in [0.29, 0.717) is 28.6 Å². The standard InChI is InChI=1S/C19H20N6O4/c1-27-14-9-16(28-2)15(17(10-14)29-3)11-20-21-18(26)12-25-23-19(22-24-25)13-7-5-4-6-8-13/h4-11H,12H2,1-3H3,(H,21,26). The minimum absolute atomic E-state index is 0.131. The van der Waals surface area contributed by atoms with Crippen molar-refractivity contribution in [1.82, 2.24) is 25.6 Å². The molecule has 0 aliphatic rings. The fourth-order valence-electron chi connectivity index (χ4n) is 2.51. The SMILES string of the molecule is COc1cc(OC)c(C=NNC(=O)Cn2nnc(-c3ccccc3)n2)c(OC)c1. The number of carbonyl (C=O) groups is 1. The van der Waals surface area contributed by atoms with Crippen LogP contribution in [0.3, 0.4) is 0 Å². The summed E-state index contributed by atoms with van der Waals surface area (Å²) in [6, 6.07) is 12.7. The number of hydrogen-bond donors (Lipinski definition) is 1. The number of methoxy groups -OCH3 is 3. The Morgan fingerprint density at radius 1 is 1.10 bits per heavy atom. The Labute approximate surface area is 167 Å². The summed E-state index contributed by atoms with van der Waals surface area (Å²) >= 11 is 0. The molecule has 0 spiro atoms. The van der Waals surface area contributed by atoms with Gasteiger partial charge in [-0.3, -0.25) is 4.79 Å². The summed E-state index contributed by atoms with van der Waals surface area (Å²) in [5.74, 6) is 1.58. The fourth-order valence-corrected chi connectivity index (χ4v) is 2.51. The lowest BCUT2D eigenvalue weighted by atomic mass is 10.2. The lowest BCUT2D eigenvalue weighted by Gasteiger charge is -2.12. The maximum Gasteiger partial charge on any atom is 0.263 e. The number of hydrazone groups is 1. The van der Waals surface area contributed by atoms with Crippen molar-refractivity contribution in [2.45, 2.75) is 6.54 Å². The van der Waals surface area contributed by atoms with Gasteiger partial charge in [-0.25, -0.2) is 5.43 Å². The molecular weight excluding hydrogens is 376 g/mol. The van der Waals surface area contributed by atoms with E-state index in [1.807, 2.05) is 30.3 Å². The van der Waals surface area contributed by atoms with E-state index in [2.05, 4.69) is 25.9 Å². The zero-order valence-corrected chi connectivity index (χ0v) is 16.2. The third-order valence-corrected chi connectivity index (χ3v) is 3.91. The molecule has 1 N–H and O–H groups in total. The molecule has 2 aromatic carbocycles. The van der Waals surface area contributed by atoms with Gasteiger partial charge in [-0.2, -0.15) is 9.90 Å². The molecule has 0 saturated carbocycles. The van der Waals surface area contributed by atoms with Crippen LogP contribution in [0.1, 0.15) is 5.56 Å². The first-order valence-corrected chi connectivity index (χ1v) is 8.59. The Balaban J connectivity index is 1.65. The number of nitrogens with zero attached hydrogens (tertiary/aromatic N) is 5. The second kappa shape index (κ2) is 9.31. The van der Waals surface area contributed by atoms with E-state index in [1.165, 1.54) is 25.2 Å². The molecule has 0 radical (unpaired) electrons. The highest BCUT2D eigenvalue weighted by Crippen LogP contribution is 2.32. The predicted molar refractivity (Wildman–Crippen MR) is 105 cm³/mol. The number of ether oxygens (including phenoxy) is 3. The number of carbonyl (C=O) groups excluding carboxylic acids is 1. The van der Waals surface area contributed by atoms with Crippen molar-refractivity contribution in [3.05, 3.63) is 48.0 Å². The van der Waals surface area contributed by atoms with E-state index in [9.17, 15) is 4.79 Å². The van der Waals surface area contributed by atoms with Crippen molar-refractivity contribution in [1.29, 1.82) is 0 Å². The molecule has 1 aromatic heterocycles. The predicted octanol–water partition coefficient (Wildman–Crippen LogP) is 1.52. The second-order valence-electron chi connectivity index (χ2n) is 5.75. The van der Waals surface area contributed by atoms with E-state index < -0.39 is 5.91 Å². The van der Waals surface area contributed by atoms with Crippen LogP contribution in [0.4, 0.5) is 0 Å². The van der Waals surface area contributed by atoms with Gasteiger partial charge in [0.1, 0.15) is 23.8 Å². The maximum absolute atomic E-state index is 12.1. The van der Waals surface area contributed by atoms with E-state index in [-0.39, 0.29) is 6.54 Å². The third-order valence-electron chi connectivity index (χ3n) is 3.91. The zero-order chi connectivity index (χ0) is 20.6. The van der Waals surface area contributed by atoms with Crippen molar-refractivity contribution in [3.63, 3.8) is 0 Å². The minimum atomic E-state index is -0.412. The normalized spacial score (nSPS) is 10.7. The van der Waals surface area contributed by atoms with Gasteiger partial charge in [0, 0.05) is 17.7 Å². The van der Waals surface area contributed by atoms with E-state index in [1.54, 1.807) is 19.2 Å². The highest BCUT2D eigenvalue weighted by molar-refractivity contribution is 5.89. The molecule has 0 bridgehead atoms. The number of tetrazole rings is 1. The third kappa shape index (κ3) is 4.86. The van der Waals surface area contributed by atoms with Crippen molar-refractivity contribution in [2.75, 3.05) is 21.3 Å². The number of benzene rings is 2. The van der Waals surface area contributed by atoms with Gasteiger partial charge in [0.15, 0.2) is 0 Å². The first-order valence-electron chi connectivity index (χ1n) is 8.59. The van der Waals surface area contributed by atoms with E-state index in [4.69, 9.17) is 14.2 Å². The topological polar surface area (TPSA) is 113 Å². The van der Waals surface area contributed by atoms with Crippen LogP contribution >= 0.6 is 0 Å². The van der Waals surface area contributed by atoms with Gasteiger partial charge in [-0.05, 0) is 5.21 Å². The molecule has 0 fully saturated rings. The average molecular weight is 396 g/mol. The highest BCUT2D eigenvalue weighted by Gasteiger charge is 2.12. The number of amides is 1. The smallest absolute Gasteiger partial charge is 0.263 e. The molecule has 3 aromatic rings. The highest BCUT2D eigenvalue weighted by atomic mass is 16.5. The molecule has 29 heavy (non-hydrogen) atoms. The molecule has 0 aliphatic heterocycles. The van der Waals surface area contributed by atoms with Gasteiger partial charge >= 0.3 is 0 Å². The molecule has 0 aliphatic carbocycles. The lowest BCUT2D eigenvalue weighted by molar-refractivity contribution is -0.122. The molecular formula is C19H20N6O4. The van der Waals surface area contributed by atoms with Crippen LogP contribution in [-0.2, 0) is 11.3 Å². The van der Waals surface area contributed by atoms with Gasteiger partial charge in [-0.1, -0.05) is 30.3 Å². The summed E-state index contributed by atoms with van der Waals surface area (Å²) in [7, 11) is 4.58. The number of nitrogens with one attached hydrogen (secondary N) is 1. The van der Waals surface area contributed by atoms with Crippen molar-refractivity contribution < 1.29 is 19.0 Å². The zero-order valence-electron chi connectivity index (χ0n) is 16.2. The summed E-state index contributed by atoms with van der Waals surface area (Å²) < 4.78 is 15.9. The summed E-state index contributed by atoms with van der Waals surface area (Å²) in [5.41, 5.74) is 3.79. The molecule has 0 saturated heterocycles. The van der Waals surface area contributed by atoms with Crippen molar-refractivity contribution in [3.8, 4) is 28.6 Å². The molecule has 150 valence electrons. The van der Waals surface area contributed by atoms with Crippen molar-refractivity contribution >= 4 is 12.1 Å². The van der Waals surface area contributed by atoms with E-state index >= 15 is 0 Å². The first kappa shape index (κ1) is 19.8. The van der Waals surface area contributed by atoms with Crippen molar-refractivity contribution in [2.24, 2.45) is 5.10 Å². The largest absolute Gasteiger partial charge is 0.496 e. The molecule has 10 heteroatoms. The first-order chi connectivity index (χ1) is 14.1. The Bertz CT molecular complexity index is 978. The molecule has 0 atom stereocenters. The maximum atomic E-state index is 12.1. The van der Waals surface area contributed by atoms with Gasteiger partial charge in [0.25, 0.3) is 5.91 Å². The van der Waals surface area contributed by atoms with Crippen LogP contribution in [-0.4, -0.2) is 53.7 Å². The molecule has 1 heterocycles. The van der Waals surface area contributed by atoms with Gasteiger partial charge in [-0.15, -0.1) is 10.2 Å². The Kier molecular flexibility index (Phi) is 6.36. The Morgan fingerprint density at radius 3 is 2.41 bits per heavy atom. The van der Waals surface area contributed by atoms with Gasteiger partial charge < -0.3 is 14.2 Å². The monoisotopic (exact) mass is 396 g/mol. The van der Waals surface area contributed by atoms with Gasteiger partial charge in [0.2, 0.25) is 5.82 Å². The van der Waals surface area contributed by atoms with Gasteiger partial charge in [0.05, 0.1) is 33.1 Å². The van der Waals surface area contributed by atoms with E-state index in [0.717, 1.165) is 5.56 Å². The summed E-state index contributed by atoms with van der Waals surface area (Å²) in [5, 5.41) is 16.0. The molecule has 1 amide bonds. The van der Waals surface area contributed by atoms with Crippen LogP contribution in [0.25, 0.3) is 11.4 Å². The Morgan fingerprint density at radius 2 is 1.79 bits per heavy atom. The van der Waals surface area contributed by atoms with Crippen LogP contribution in [0.5, 0.6) is 17.2 Å². The summed E-state index contributed by atoms with van der Waals surface area (Å²) in [4.78, 5) is 13.3. The molecule has 0 unspecified atom stereocenters. The number of hydrogen-bond acceptors (Lipinski definition) is 8. The number of rotatable bonds is 8. The fraction of sp³-hybridized carbons (Fsp3) is 0.211. The quantitative estimate of drug-likeness (QED) is 0.454.